The molecule has 0 unspecified atom stereocenters. The van der Waals surface area contributed by atoms with Gasteiger partial charge in [-0.15, -0.1) is 5.23 Å². The van der Waals surface area contributed by atoms with Crippen molar-refractivity contribution in [3.05, 3.63) is 24.3 Å². The van der Waals surface area contributed by atoms with Gasteiger partial charge in [-0.3, -0.25) is 10.2 Å². The Kier molecular flexibility index (Phi) is 9.85. The van der Waals surface area contributed by atoms with Crippen molar-refractivity contribution in [1.82, 2.24) is 0 Å². The maximum absolute atomic E-state index is 9.59. The van der Waals surface area contributed by atoms with Crippen LogP contribution in [0, 0.1) is 0 Å². The zero-order chi connectivity index (χ0) is 11.1. The fourth-order valence-corrected chi connectivity index (χ4v) is 1.46. The van der Waals surface area contributed by atoms with Gasteiger partial charge in [0.25, 0.3) is 0 Å². The smallest absolute Gasteiger partial charge is 0.691 e. The van der Waals surface area contributed by atoms with E-state index in [9.17, 15) is 10.5 Å². The number of nitrogens with zero attached hydrogens (tertiary/aromatic N) is 1. The van der Waals surface area contributed by atoms with Crippen LogP contribution < -0.4 is 40.0 Å². The summed E-state index contributed by atoms with van der Waals surface area (Å²) in [4.78, 5) is 0.590. The topological polar surface area (TPSA) is 74.2 Å². The van der Waals surface area contributed by atoms with Crippen molar-refractivity contribution in [2.24, 2.45) is 0 Å². The van der Waals surface area contributed by atoms with Crippen molar-refractivity contribution in [1.29, 1.82) is 0 Å². The molecule has 0 atom stereocenters. The molecule has 0 aliphatic carbocycles. The largest absolute Gasteiger partial charge is 1.00 e. The second kappa shape index (κ2) is 9.54. The molecule has 0 radical (unpaired) electrons. The third kappa shape index (κ3) is 5.73. The minimum absolute atomic E-state index is 0. The van der Waals surface area contributed by atoms with Gasteiger partial charge < -0.3 is 5.26 Å². The van der Waals surface area contributed by atoms with E-state index in [0.717, 1.165) is 24.1 Å². The molecule has 0 saturated heterocycles. The molecule has 0 saturated carbocycles. The summed E-state index contributed by atoms with van der Waals surface area (Å²) >= 11 is 1.73. The zero-order valence-electron chi connectivity index (χ0n) is 8.65. The summed E-state index contributed by atoms with van der Waals surface area (Å²) in [7, 11) is 0. The first kappa shape index (κ1) is 16.5. The third-order valence-electron chi connectivity index (χ3n) is 1.34. The second-order valence-corrected chi connectivity index (χ2v) is 3.49. The molecule has 0 fully saturated rings. The van der Waals surface area contributed by atoms with Crippen molar-refractivity contribution < 1.29 is 53.7 Å². The maximum atomic E-state index is 9.59. The van der Waals surface area contributed by atoms with Gasteiger partial charge in [0.15, 0.2) is 0 Å². The van der Waals surface area contributed by atoms with E-state index in [0.29, 0.717) is 15.8 Å². The Morgan fingerprint density at radius 1 is 1.44 bits per heavy atom. The third-order valence-corrected chi connectivity index (χ3v) is 2.20. The van der Waals surface area contributed by atoms with Crippen LogP contribution in [0.15, 0.2) is 29.2 Å². The van der Waals surface area contributed by atoms with Gasteiger partial charge in [0.05, 0.1) is 17.7 Å². The monoisotopic (exact) mass is 273 g/mol. The predicted octanol–water partition coefficient (Wildman–Crippen LogP) is -1.67. The molecule has 16 heavy (non-hydrogen) atoms. The van der Waals surface area contributed by atoms with Gasteiger partial charge in [-0.05, 0) is 18.2 Å². The molecule has 0 aliphatic rings. The molecule has 0 heterocycles. The van der Waals surface area contributed by atoms with Crippen molar-refractivity contribution in [3.63, 3.8) is 0 Å². The summed E-state index contributed by atoms with van der Waals surface area (Å²) < 4.78 is 8.88. The van der Waals surface area contributed by atoms with Crippen LogP contribution in [0.1, 0.15) is 0 Å². The van der Waals surface area contributed by atoms with Gasteiger partial charge in [-0.1, -0.05) is 6.07 Å². The summed E-state index contributed by atoms with van der Waals surface area (Å²) in [6, 6.07) is 6.52. The molecule has 1 N–H and O–H groups in total. The van der Waals surface area contributed by atoms with Crippen LogP contribution in [-0.4, -0.2) is 11.5 Å². The summed E-state index contributed by atoms with van der Waals surface area (Å²) in [5.41, 5.74) is 0.406. The van der Waals surface area contributed by atoms with Crippen LogP contribution in [0.4, 0.5) is 5.69 Å². The molecule has 6 nitrogen and oxygen atoms in total. The minimum Gasteiger partial charge on any atom is -0.691 e. The van der Waals surface area contributed by atoms with Crippen molar-refractivity contribution in [2.75, 3.05) is 11.5 Å². The Morgan fingerprint density at radius 3 is 2.81 bits per heavy atom. The number of hydrogen-bond acceptors (Lipinski definition) is 8. The van der Waals surface area contributed by atoms with Gasteiger partial charge in [-0.25, -0.2) is 0 Å². The molecular weight excluding hydrogens is 265 g/mol. The Hall–Kier alpha value is 0.520. The Balaban J connectivity index is 0.00000225. The average molecular weight is 273 g/mol. The summed E-state index contributed by atoms with van der Waals surface area (Å²) in [6.07, 6.45) is 1.66. The van der Waals surface area contributed by atoms with Gasteiger partial charge in [0.2, 0.25) is 0 Å². The van der Waals surface area contributed by atoms with Crippen molar-refractivity contribution >= 4 is 29.8 Å². The summed E-state index contributed by atoms with van der Waals surface area (Å²) in [6.45, 7) is 0. The molecule has 9 heteroatoms. The van der Waals surface area contributed by atoms with Crippen LogP contribution in [0.5, 0.6) is 0 Å². The SMILES string of the molecule is CSON(O)c1cccc(SOO[O-])c1.[Na+]. The molecule has 0 bridgehead atoms. The molecule has 0 aromatic heterocycles. The van der Waals surface area contributed by atoms with Crippen LogP contribution in [0.3, 0.4) is 0 Å². The summed E-state index contributed by atoms with van der Waals surface area (Å²) in [5, 5.41) is 22.7. The average Bonchev–Trinajstić information content (AvgIpc) is 2.27. The quantitative estimate of drug-likeness (QED) is 0.285. The summed E-state index contributed by atoms with van der Waals surface area (Å²) in [5.74, 6) is 0. The maximum Gasteiger partial charge on any atom is 1.00 e. The molecule has 0 amide bonds. The number of anilines is 1. The molecule has 1 rings (SSSR count). The van der Waals surface area contributed by atoms with Crippen LogP contribution >= 0.6 is 24.1 Å². The predicted molar refractivity (Wildman–Crippen MR) is 53.3 cm³/mol. The molecule has 0 aliphatic heterocycles. The second-order valence-electron chi connectivity index (χ2n) is 2.23. The van der Waals surface area contributed by atoms with E-state index >= 15 is 0 Å². The first-order chi connectivity index (χ1) is 7.27. The molecule has 84 valence electrons. The van der Waals surface area contributed by atoms with E-state index < -0.39 is 0 Å². The first-order valence-corrected chi connectivity index (χ1v) is 5.60. The molecule has 0 spiro atoms. The fraction of sp³-hybridized carbons (Fsp3) is 0.143. The van der Waals surface area contributed by atoms with E-state index in [2.05, 4.69) is 9.37 Å². The molecular formula is C7H8NNaO5S2. The zero-order valence-corrected chi connectivity index (χ0v) is 12.3. The van der Waals surface area contributed by atoms with Crippen LogP contribution in [-0.2, 0) is 13.7 Å². The van der Waals surface area contributed by atoms with E-state index in [1.54, 1.807) is 30.5 Å². The Bertz CT molecular complexity index is 306. The van der Waals surface area contributed by atoms with E-state index in [1.165, 1.54) is 0 Å². The first-order valence-electron chi connectivity index (χ1n) is 3.71. The minimum atomic E-state index is 0. The normalized spacial score (nSPS) is 9.69. The Morgan fingerprint density at radius 2 is 2.19 bits per heavy atom. The van der Waals surface area contributed by atoms with Gasteiger partial charge >= 0.3 is 29.6 Å². The van der Waals surface area contributed by atoms with E-state index in [-0.39, 0.29) is 29.6 Å². The van der Waals surface area contributed by atoms with Crippen molar-refractivity contribution in [3.8, 4) is 0 Å². The number of rotatable bonds is 6. The van der Waals surface area contributed by atoms with Gasteiger partial charge in [0, 0.05) is 23.2 Å². The molecule has 1 aromatic rings. The van der Waals surface area contributed by atoms with Gasteiger partial charge in [-0.2, -0.15) is 8.62 Å². The van der Waals surface area contributed by atoms with E-state index in [1.807, 2.05) is 0 Å². The number of benzene rings is 1. The number of hydrogen-bond donors (Lipinski definition) is 1. The van der Waals surface area contributed by atoms with Gasteiger partial charge in [0.1, 0.15) is 0 Å². The standard InChI is InChI=1S/C7H9NO5S2.Na/c1-14-11-8(9)6-3-2-4-7(5-6)15-13-12-10;/h2-5,9-10H,1H3;/q;+1/p-1. The Labute approximate surface area is 123 Å². The van der Waals surface area contributed by atoms with Crippen LogP contribution in [0.2, 0.25) is 0 Å². The van der Waals surface area contributed by atoms with E-state index in [4.69, 9.17) is 4.28 Å². The van der Waals surface area contributed by atoms with Crippen LogP contribution in [0.25, 0.3) is 0 Å². The fourth-order valence-electron chi connectivity index (χ4n) is 0.821. The molecule has 1 aromatic carbocycles. The van der Waals surface area contributed by atoms with Crippen molar-refractivity contribution in [2.45, 2.75) is 4.90 Å².